The molecule has 1 unspecified atom stereocenters. The lowest BCUT2D eigenvalue weighted by molar-refractivity contribution is -0.117. The number of nitrogens with two attached hydrogens (primary N) is 1. The summed E-state index contributed by atoms with van der Waals surface area (Å²) in [6.45, 7) is 2.82. The first kappa shape index (κ1) is 11.8. The zero-order chi connectivity index (χ0) is 9.40. The summed E-state index contributed by atoms with van der Waals surface area (Å²) in [6.07, 6.45) is 3.67. The quantitative estimate of drug-likeness (QED) is 0.618. The van der Waals surface area contributed by atoms with Crippen molar-refractivity contribution < 1.29 is 4.79 Å². The summed E-state index contributed by atoms with van der Waals surface area (Å²) in [5.74, 6) is 0.921. The van der Waals surface area contributed by atoms with E-state index in [2.05, 4.69) is 18.5 Å². The molecular formula is C8H18N2OS. The lowest BCUT2D eigenvalue weighted by Gasteiger charge is -2.11. The molecule has 0 saturated heterocycles. The number of hydrogen-bond acceptors (Lipinski definition) is 3. The Labute approximate surface area is 78.5 Å². The van der Waals surface area contributed by atoms with E-state index in [0.29, 0.717) is 19.0 Å². The fourth-order valence-corrected chi connectivity index (χ4v) is 1.43. The maximum Gasteiger partial charge on any atom is 0.218 e. The van der Waals surface area contributed by atoms with Gasteiger partial charge in [0.05, 0.1) is 0 Å². The molecule has 1 atom stereocenters. The lowest BCUT2D eigenvalue weighted by atomic mass is 10.2. The molecule has 0 aromatic heterocycles. The summed E-state index contributed by atoms with van der Waals surface area (Å²) in [5, 5.41) is 3.23. The number of thioether (sulfide) groups is 1. The van der Waals surface area contributed by atoms with Crippen LogP contribution in [0.3, 0.4) is 0 Å². The van der Waals surface area contributed by atoms with Crippen LogP contribution in [0, 0.1) is 0 Å². The second-order valence-electron chi connectivity index (χ2n) is 2.85. The Kier molecular flexibility index (Phi) is 7.29. The van der Waals surface area contributed by atoms with Crippen LogP contribution in [-0.4, -0.2) is 30.5 Å². The van der Waals surface area contributed by atoms with E-state index >= 15 is 0 Å². The van der Waals surface area contributed by atoms with Gasteiger partial charge in [-0.3, -0.25) is 4.79 Å². The Bertz CT molecular complexity index is 130. The number of nitrogens with one attached hydrogen (secondary N) is 1. The van der Waals surface area contributed by atoms with Crippen LogP contribution in [0.4, 0.5) is 0 Å². The minimum Gasteiger partial charge on any atom is -0.370 e. The number of carbonyl (C=O) groups excluding carboxylic acids is 1. The maximum absolute atomic E-state index is 10.4. The van der Waals surface area contributed by atoms with E-state index in [4.69, 9.17) is 5.73 Å². The highest BCUT2D eigenvalue weighted by Crippen LogP contribution is 1.99. The third-order valence-corrected chi connectivity index (χ3v) is 2.26. The highest BCUT2D eigenvalue weighted by Gasteiger charge is 2.00. The molecule has 0 aromatic carbocycles. The first-order chi connectivity index (χ1) is 5.66. The topological polar surface area (TPSA) is 55.1 Å². The van der Waals surface area contributed by atoms with Gasteiger partial charge in [-0.05, 0) is 25.4 Å². The molecule has 1 amide bonds. The fourth-order valence-electron chi connectivity index (χ4n) is 0.838. The molecule has 3 N–H and O–H groups in total. The molecule has 12 heavy (non-hydrogen) atoms. The first-order valence-electron chi connectivity index (χ1n) is 4.17. The van der Waals surface area contributed by atoms with Gasteiger partial charge in [-0.1, -0.05) is 0 Å². The van der Waals surface area contributed by atoms with Gasteiger partial charge in [-0.25, -0.2) is 0 Å². The van der Waals surface area contributed by atoms with Crippen LogP contribution in [0.15, 0.2) is 0 Å². The van der Waals surface area contributed by atoms with Crippen LogP contribution >= 0.6 is 11.8 Å². The Morgan fingerprint density at radius 3 is 2.83 bits per heavy atom. The second-order valence-corrected chi connectivity index (χ2v) is 3.84. The van der Waals surface area contributed by atoms with Gasteiger partial charge in [0.1, 0.15) is 0 Å². The van der Waals surface area contributed by atoms with E-state index in [1.165, 1.54) is 0 Å². The number of amides is 1. The Morgan fingerprint density at radius 2 is 2.33 bits per heavy atom. The van der Waals surface area contributed by atoms with Gasteiger partial charge in [0.2, 0.25) is 5.91 Å². The summed E-state index contributed by atoms with van der Waals surface area (Å²) >= 11 is 1.84. The first-order valence-corrected chi connectivity index (χ1v) is 5.56. The second kappa shape index (κ2) is 7.43. The Balaban J connectivity index is 3.19. The molecule has 0 bridgehead atoms. The van der Waals surface area contributed by atoms with Crippen molar-refractivity contribution in [3.8, 4) is 0 Å². The molecule has 3 nitrogen and oxygen atoms in total. The summed E-state index contributed by atoms with van der Waals surface area (Å²) in [6, 6.07) is 0.483. The Hall–Kier alpha value is -0.220. The van der Waals surface area contributed by atoms with Crippen molar-refractivity contribution in [2.45, 2.75) is 25.8 Å². The van der Waals surface area contributed by atoms with Crippen molar-refractivity contribution in [2.24, 2.45) is 5.73 Å². The molecule has 0 heterocycles. The molecule has 0 aliphatic heterocycles. The summed E-state index contributed by atoms with van der Waals surface area (Å²) < 4.78 is 0. The number of primary amides is 1. The Morgan fingerprint density at radius 1 is 1.67 bits per heavy atom. The molecule has 72 valence electrons. The molecule has 0 aliphatic rings. The minimum absolute atomic E-state index is 0.237. The molecular weight excluding hydrogens is 172 g/mol. The highest BCUT2D eigenvalue weighted by molar-refractivity contribution is 7.98. The van der Waals surface area contributed by atoms with Gasteiger partial charge in [0.25, 0.3) is 0 Å². The van der Waals surface area contributed by atoms with Crippen LogP contribution in [0.5, 0.6) is 0 Å². The van der Waals surface area contributed by atoms with Gasteiger partial charge >= 0.3 is 0 Å². The van der Waals surface area contributed by atoms with Gasteiger partial charge < -0.3 is 11.1 Å². The van der Waals surface area contributed by atoms with E-state index in [1.807, 2.05) is 11.8 Å². The SMILES string of the molecule is CSCCC(C)NCCC(N)=O. The smallest absolute Gasteiger partial charge is 0.218 e. The van der Waals surface area contributed by atoms with Crippen LogP contribution in [-0.2, 0) is 4.79 Å². The zero-order valence-corrected chi connectivity index (χ0v) is 8.62. The minimum atomic E-state index is -0.237. The fraction of sp³-hybridized carbons (Fsp3) is 0.875. The van der Waals surface area contributed by atoms with Crippen molar-refractivity contribution in [2.75, 3.05) is 18.6 Å². The largest absolute Gasteiger partial charge is 0.370 e. The monoisotopic (exact) mass is 190 g/mol. The maximum atomic E-state index is 10.4. The van der Waals surface area contributed by atoms with E-state index in [-0.39, 0.29) is 5.91 Å². The number of rotatable bonds is 7. The molecule has 0 saturated carbocycles. The van der Waals surface area contributed by atoms with E-state index in [1.54, 1.807) is 0 Å². The van der Waals surface area contributed by atoms with Crippen molar-refractivity contribution in [1.29, 1.82) is 0 Å². The predicted molar refractivity (Wildman–Crippen MR) is 54.3 cm³/mol. The van der Waals surface area contributed by atoms with Gasteiger partial charge in [-0.2, -0.15) is 11.8 Å². The standard InChI is InChI=1S/C8H18N2OS/c1-7(4-6-12-2)10-5-3-8(9)11/h7,10H,3-6H2,1-2H3,(H2,9,11). The molecule has 0 radical (unpaired) electrons. The van der Waals surface area contributed by atoms with Crippen LogP contribution < -0.4 is 11.1 Å². The lowest BCUT2D eigenvalue weighted by Crippen LogP contribution is -2.30. The van der Waals surface area contributed by atoms with Crippen LogP contribution in [0.2, 0.25) is 0 Å². The van der Waals surface area contributed by atoms with E-state index < -0.39 is 0 Å². The number of carbonyl (C=O) groups is 1. The molecule has 0 rings (SSSR count). The molecule has 0 aromatic rings. The average Bonchev–Trinajstić information content (AvgIpc) is 2.00. The summed E-state index contributed by atoms with van der Waals surface area (Å²) in [4.78, 5) is 10.4. The predicted octanol–water partition coefficient (Wildman–Crippen LogP) is 0.593. The van der Waals surface area contributed by atoms with Crippen molar-refractivity contribution >= 4 is 17.7 Å². The van der Waals surface area contributed by atoms with Crippen molar-refractivity contribution in [1.82, 2.24) is 5.32 Å². The summed E-state index contributed by atoms with van der Waals surface area (Å²) in [5.41, 5.74) is 5.00. The number of hydrogen-bond donors (Lipinski definition) is 2. The normalized spacial score (nSPS) is 12.8. The molecule has 0 spiro atoms. The van der Waals surface area contributed by atoms with Crippen LogP contribution in [0.25, 0.3) is 0 Å². The summed E-state index contributed by atoms with van der Waals surface area (Å²) in [7, 11) is 0. The van der Waals surface area contributed by atoms with Gasteiger partial charge in [0, 0.05) is 19.0 Å². The molecule has 4 heteroatoms. The molecule has 0 fully saturated rings. The van der Waals surface area contributed by atoms with Gasteiger partial charge in [-0.15, -0.1) is 0 Å². The highest BCUT2D eigenvalue weighted by atomic mass is 32.2. The van der Waals surface area contributed by atoms with Crippen molar-refractivity contribution in [3.05, 3.63) is 0 Å². The van der Waals surface area contributed by atoms with E-state index in [9.17, 15) is 4.79 Å². The van der Waals surface area contributed by atoms with Crippen LogP contribution in [0.1, 0.15) is 19.8 Å². The third kappa shape index (κ3) is 7.88. The average molecular weight is 190 g/mol. The van der Waals surface area contributed by atoms with E-state index in [0.717, 1.165) is 12.2 Å². The third-order valence-electron chi connectivity index (χ3n) is 1.62. The van der Waals surface area contributed by atoms with Gasteiger partial charge in [0.15, 0.2) is 0 Å². The van der Waals surface area contributed by atoms with Crippen molar-refractivity contribution in [3.63, 3.8) is 0 Å². The molecule has 0 aliphatic carbocycles. The zero-order valence-electron chi connectivity index (χ0n) is 7.80.